The van der Waals surface area contributed by atoms with Gasteiger partial charge >= 0.3 is 0 Å². The molecule has 5 heteroatoms. The van der Waals surface area contributed by atoms with Gasteiger partial charge < -0.3 is 4.57 Å². The van der Waals surface area contributed by atoms with Crippen LogP contribution < -0.4 is 0 Å². The van der Waals surface area contributed by atoms with E-state index in [9.17, 15) is 0 Å². The van der Waals surface area contributed by atoms with Crippen molar-refractivity contribution < 1.29 is 0 Å². The van der Waals surface area contributed by atoms with E-state index in [0.29, 0.717) is 17.5 Å². The lowest BCUT2D eigenvalue weighted by molar-refractivity contribution is 0.722. The van der Waals surface area contributed by atoms with Crippen LogP contribution in [0.4, 0.5) is 0 Å². The van der Waals surface area contributed by atoms with Gasteiger partial charge in [0.15, 0.2) is 17.5 Å². The van der Waals surface area contributed by atoms with Gasteiger partial charge in [0.2, 0.25) is 0 Å². The molecule has 1 spiro atoms. The number of hydrogen-bond donors (Lipinski definition) is 0. The molecule has 0 amide bonds. The fraction of sp³-hybridized carbons (Fsp3) is 0.0172. The number of rotatable bonds is 5. The Labute approximate surface area is 369 Å². The minimum absolute atomic E-state index is 0.496. The van der Waals surface area contributed by atoms with E-state index in [1.54, 1.807) is 0 Å². The summed E-state index contributed by atoms with van der Waals surface area (Å²) in [6.07, 6.45) is 0. The van der Waals surface area contributed by atoms with E-state index in [-0.39, 0.29) is 0 Å². The van der Waals surface area contributed by atoms with Gasteiger partial charge in [0.1, 0.15) is 0 Å². The molecular formula is C58H36N4S. The van der Waals surface area contributed by atoms with Crippen molar-refractivity contribution in [2.45, 2.75) is 15.2 Å². The van der Waals surface area contributed by atoms with Gasteiger partial charge in [0.05, 0.1) is 16.4 Å². The van der Waals surface area contributed by atoms with Crippen LogP contribution in [0.1, 0.15) is 22.3 Å². The number of aromatic nitrogens is 4. The Kier molecular flexibility index (Phi) is 8.02. The van der Waals surface area contributed by atoms with Crippen molar-refractivity contribution in [3.8, 4) is 62.1 Å². The zero-order valence-electron chi connectivity index (χ0n) is 34.0. The summed E-state index contributed by atoms with van der Waals surface area (Å²) in [5.74, 6) is 1.91. The van der Waals surface area contributed by atoms with Crippen molar-refractivity contribution in [3.63, 3.8) is 0 Å². The maximum atomic E-state index is 5.30. The van der Waals surface area contributed by atoms with Crippen LogP contribution in [0.3, 0.4) is 0 Å². The fourth-order valence-corrected chi connectivity index (χ4v) is 11.4. The first kappa shape index (κ1) is 35.9. The number of para-hydroxylation sites is 2. The van der Waals surface area contributed by atoms with Gasteiger partial charge in [-0.15, -0.1) is 0 Å². The normalized spacial score (nSPS) is 13.1. The highest BCUT2D eigenvalue weighted by molar-refractivity contribution is 7.99. The zero-order chi connectivity index (χ0) is 41.5. The van der Waals surface area contributed by atoms with Crippen LogP contribution in [-0.2, 0) is 5.41 Å². The molecule has 0 fully saturated rings. The second-order valence-electron chi connectivity index (χ2n) is 16.3. The maximum absolute atomic E-state index is 5.30. The quantitative estimate of drug-likeness (QED) is 0.173. The second-order valence-corrected chi connectivity index (χ2v) is 17.4. The molecule has 4 nitrogen and oxygen atoms in total. The molecule has 0 saturated carbocycles. The summed E-state index contributed by atoms with van der Waals surface area (Å²) in [5, 5.41) is 2.51. The first-order chi connectivity index (χ1) is 31.2. The first-order valence-electron chi connectivity index (χ1n) is 21.3. The predicted molar refractivity (Wildman–Crippen MR) is 257 cm³/mol. The summed E-state index contributed by atoms with van der Waals surface area (Å²) in [6, 6.07) is 78.5. The van der Waals surface area contributed by atoms with Crippen molar-refractivity contribution >= 4 is 33.6 Å². The lowest BCUT2D eigenvalue weighted by atomic mass is 9.67. The second kappa shape index (κ2) is 14.1. The van der Waals surface area contributed by atoms with Crippen LogP contribution in [0.2, 0.25) is 0 Å². The number of benzene rings is 9. The Balaban J connectivity index is 0.944. The summed E-state index contributed by atoms with van der Waals surface area (Å²) in [6.45, 7) is 0. The van der Waals surface area contributed by atoms with E-state index < -0.39 is 5.41 Å². The Morgan fingerprint density at radius 1 is 0.333 bits per heavy atom. The van der Waals surface area contributed by atoms with Crippen LogP contribution in [0.5, 0.6) is 0 Å². The molecule has 1 aliphatic carbocycles. The molecule has 0 atom stereocenters. The Bertz CT molecular complexity index is 3510. The van der Waals surface area contributed by atoms with Crippen molar-refractivity contribution in [2.75, 3.05) is 0 Å². The van der Waals surface area contributed by atoms with Crippen molar-refractivity contribution in [3.05, 3.63) is 241 Å². The van der Waals surface area contributed by atoms with E-state index in [4.69, 9.17) is 15.0 Å². The number of nitrogens with zero attached hydrogens (tertiary/aromatic N) is 4. The van der Waals surface area contributed by atoms with E-state index in [1.165, 1.54) is 65.0 Å². The van der Waals surface area contributed by atoms with E-state index in [0.717, 1.165) is 33.5 Å². The highest BCUT2D eigenvalue weighted by Gasteiger charge is 2.50. The molecule has 2 aliphatic rings. The Morgan fingerprint density at radius 3 is 1.51 bits per heavy atom. The molecule has 0 radical (unpaired) electrons. The number of hydrogen-bond acceptors (Lipinski definition) is 4. The summed E-state index contributed by atoms with van der Waals surface area (Å²) in [5.41, 5.74) is 15.8. The van der Waals surface area contributed by atoms with Gasteiger partial charge in [-0.2, -0.15) is 0 Å². The van der Waals surface area contributed by atoms with E-state index in [1.807, 2.05) is 30.0 Å². The Hall–Kier alpha value is -7.86. The molecule has 3 heterocycles. The minimum atomic E-state index is -0.496. The molecule has 13 rings (SSSR count). The zero-order valence-corrected chi connectivity index (χ0v) is 34.8. The average molecular weight is 821 g/mol. The van der Waals surface area contributed by atoms with Crippen LogP contribution in [0.15, 0.2) is 228 Å². The van der Waals surface area contributed by atoms with E-state index >= 15 is 0 Å². The van der Waals surface area contributed by atoms with Gasteiger partial charge in [-0.25, -0.2) is 15.0 Å². The topological polar surface area (TPSA) is 43.6 Å². The molecule has 2 aromatic heterocycles. The third-order valence-electron chi connectivity index (χ3n) is 12.9. The largest absolute Gasteiger partial charge is 0.309 e. The molecule has 0 saturated heterocycles. The molecule has 9 aromatic carbocycles. The molecule has 63 heavy (non-hydrogen) atoms. The molecule has 11 aromatic rings. The average Bonchev–Trinajstić information content (AvgIpc) is 3.85. The van der Waals surface area contributed by atoms with Crippen molar-refractivity contribution in [1.29, 1.82) is 0 Å². The molecule has 294 valence electrons. The number of fused-ring (bicyclic) bond motifs is 12. The van der Waals surface area contributed by atoms with Crippen LogP contribution >= 0.6 is 11.8 Å². The van der Waals surface area contributed by atoms with Gasteiger partial charge in [0.25, 0.3) is 0 Å². The molecular weight excluding hydrogens is 785 g/mol. The summed E-state index contributed by atoms with van der Waals surface area (Å²) in [4.78, 5) is 18.2. The highest BCUT2D eigenvalue weighted by Crippen LogP contribution is 2.62. The smallest absolute Gasteiger partial charge is 0.164 e. The SMILES string of the molecule is c1ccc(-c2nc(-c3cccc(-c4ccc(-n5c6ccccc6c6ccccc65)cc4)c3)nc(-c3ccc4c(c3)C3(c5ccccc5S4)c4ccccc4-c4ccccc43)n2)cc1. The highest BCUT2D eigenvalue weighted by atomic mass is 32.2. The Morgan fingerprint density at radius 2 is 0.825 bits per heavy atom. The van der Waals surface area contributed by atoms with Gasteiger partial charge in [-0.3, -0.25) is 0 Å². The van der Waals surface area contributed by atoms with Crippen LogP contribution in [-0.4, -0.2) is 19.5 Å². The summed E-state index contributed by atoms with van der Waals surface area (Å²) < 4.78 is 2.35. The third-order valence-corrected chi connectivity index (χ3v) is 14.1. The van der Waals surface area contributed by atoms with Crippen LogP contribution in [0.25, 0.3) is 83.9 Å². The lowest BCUT2D eigenvalue weighted by Crippen LogP contribution is -2.32. The van der Waals surface area contributed by atoms with Crippen molar-refractivity contribution in [1.82, 2.24) is 19.5 Å². The minimum Gasteiger partial charge on any atom is -0.309 e. The predicted octanol–water partition coefficient (Wildman–Crippen LogP) is 14.5. The molecule has 0 N–H and O–H groups in total. The van der Waals surface area contributed by atoms with Gasteiger partial charge in [-0.05, 0) is 93.0 Å². The summed E-state index contributed by atoms with van der Waals surface area (Å²) >= 11 is 1.84. The van der Waals surface area contributed by atoms with Crippen LogP contribution in [0, 0.1) is 0 Å². The summed E-state index contributed by atoms with van der Waals surface area (Å²) in [7, 11) is 0. The maximum Gasteiger partial charge on any atom is 0.164 e. The van der Waals surface area contributed by atoms with Gasteiger partial charge in [-0.1, -0.05) is 182 Å². The fourth-order valence-electron chi connectivity index (χ4n) is 10.2. The third kappa shape index (κ3) is 5.46. The molecule has 1 aliphatic heterocycles. The first-order valence-corrected chi connectivity index (χ1v) is 22.2. The molecule has 0 unspecified atom stereocenters. The molecule has 0 bridgehead atoms. The van der Waals surface area contributed by atoms with E-state index in [2.05, 4.69) is 205 Å². The van der Waals surface area contributed by atoms with Gasteiger partial charge in [0, 0.05) is 42.9 Å². The lowest BCUT2D eigenvalue weighted by Gasteiger charge is -2.39. The monoisotopic (exact) mass is 820 g/mol. The standard InChI is InChI=1S/C58H36N4S/c1-2-15-38(16-3-1)55-59-56(40-18-14-17-39(35-40)37-29-32-42(33-30-37)62-51-26-11-6-21-45(51)46-22-7-12-27-52(46)62)61-57(60-55)41-31-34-54-50(36-41)58(49-25-10-13-28-53(49)63-54)47-23-8-4-19-43(47)44-20-5-9-24-48(44)58/h1-36H. The van der Waals surface area contributed by atoms with Crippen molar-refractivity contribution in [2.24, 2.45) is 0 Å².